The van der Waals surface area contributed by atoms with Crippen molar-refractivity contribution in [2.24, 2.45) is 0 Å². The molecule has 0 saturated carbocycles. The van der Waals surface area contributed by atoms with Gasteiger partial charge in [0.2, 0.25) is 0 Å². The predicted molar refractivity (Wildman–Crippen MR) is 131 cm³/mol. The third-order valence-corrected chi connectivity index (χ3v) is 6.88. The Kier molecular flexibility index (Phi) is 5.96. The van der Waals surface area contributed by atoms with E-state index in [4.69, 9.17) is 21.3 Å². The summed E-state index contributed by atoms with van der Waals surface area (Å²) in [6, 6.07) is 19.3. The molecule has 2 aromatic carbocycles. The van der Waals surface area contributed by atoms with Crippen LogP contribution in [0.1, 0.15) is 60.6 Å². The lowest BCUT2D eigenvalue weighted by atomic mass is 9.93. The average molecular weight is 447 g/mol. The molecule has 3 aromatic rings. The number of benzene rings is 2. The Morgan fingerprint density at radius 1 is 1.03 bits per heavy atom. The standard InChI is InChI=1S/C28H31ClN2O/c1-28(2)16-24-15-22(8-12-27(24)32-28)18-31-13-3-4-23(19-31)26-11-7-21(17-30-26)14-20-5-9-25(29)10-6-20/h5-12,15,17,23H,3-4,13-14,16,18-19H2,1-2H3/t23-/m0/s1. The van der Waals surface area contributed by atoms with E-state index in [1.54, 1.807) is 0 Å². The summed E-state index contributed by atoms with van der Waals surface area (Å²) in [6.45, 7) is 7.55. The Morgan fingerprint density at radius 2 is 1.81 bits per heavy atom. The van der Waals surface area contributed by atoms with E-state index in [2.05, 4.69) is 61.2 Å². The summed E-state index contributed by atoms with van der Waals surface area (Å²) >= 11 is 6.00. The molecule has 3 heterocycles. The van der Waals surface area contributed by atoms with Crippen molar-refractivity contribution in [2.45, 2.75) is 57.6 Å². The maximum Gasteiger partial charge on any atom is 0.123 e. The third kappa shape index (κ3) is 5.00. The Morgan fingerprint density at radius 3 is 2.59 bits per heavy atom. The van der Waals surface area contributed by atoms with Crippen LogP contribution in [-0.2, 0) is 19.4 Å². The van der Waals surface area contributed by atoms with Crippen molar-refractivity contribution in [3.63, 3.8) is 0 Å². The molecule has 4 heteroatoms. The highest BCUT2D eigenvalue weighted by atomic mass is 35.5. The zero-order valence-corrected chi connectivity index (χ0v) is 19.7. The first-order valence-corrected chi connectivity index (χ1v) is 12.0. The van der Waals surface area contributed by atoms with Gasteiger partial charge >= 0.3 is 0 Å². The zero-order chi connectivity index (χ0) is 22.1. The zero-order valence-electron chi connectivity index (χ0n) is 19.0. The highest BCUT2D eigenvalue weighted by molar-refractivity contribution is 6.30. The van der Waals surface area contributed by atoms with E-state index < -0.39 is 0 Å². The quantitative estimate of drug-likeness (QED) is 0.452. The van der Waals surface area contributed by atoms with Crippen molar-refractivity contribution in [1.82, 2.24) is 9.88 Å². The number of pyridine rings is 1. The summed E-state index contributed by atoms with van der Waals surface area (Å²) in [5, 5.41) is 0.779. The molecule has 0 bridgehead atoms. The molecule has 3 nitrogen and oxygen atoms in total. The number of likely N-dealkylation sites (tertiary alicyclic amines) is 1. The number of hydrogen-bond acceptors (Lipinski definition) is 3. The summed E-state index contributed by atoms with van der Waals surface area (Å²) in [5.74, 6) is 1.56. The molecule has 2 aliphatic heterocycles. The smallest absolute Gasteiger partial charge is 0.123 e. The second-order valence-corrected chi connectivity index (χ2v) is 10.4. The summed E-state index contributed by atoms with van der Waals surface area (Å²) in [6.07, 6.45) is 6.36. The summed E-state index contributed by atoms with van der Waals surface area (Å²) in [5.41, 5.74) is 6.38. The van der Waals surface area contributed by atoms with Crippen LogP contribution in [-0.4, -0.2) is 28.6 Å². The van der Waals surface area contributed by atoms with Crippen LogP contribution in [0.2, 0.25) is 5.02 Å². The van der Waals surface area contributed by atoms with Gasteiger partial charge in [-0.15, -0.1) is 0 Å². The summed E-state index contributed by atoms with van der Waals surface area (Å²) in [7, 11) is 0. The van der Waals surface area contributed by atoms with Gasteiger partial charge in [0.05, 0.1) is 0 Å². The highest BCUT2D eigenvalue weighted by Crippen LogP contribution is 2.36. The molecule has 1 aromatic heterocycles. The van der Waals surface area contributed by atoms with Crippen molar-refractivity contribution >= 4 is 11.6 Å². The largest absolute Gasteiger partial charge is 0.487 e. The Hall–Kier alpha value is -2.36. The topological polar surface area (TPSA) is 25.4 Å². The number of hydrogen-bond donors (Lipinski definition) is 0. The second kappa shape index (κ2) is 8.88. The first-order valence-electron chi connectivity index (χ1n) is 11.7. The van der Waals surface area contributed by atoms with Crippen LogP contribution in [0, 0.1) is 0 Å². The number of ether oxygens (including phenoxy) is 1. The van der Waals surface area contributed by atoms with E-state index in [1.165, 1.54) is 40.8 Å². The molecule has 1 saturated heterocycles. The fourth-order valence-electron chi connectivity index (χ4n) is 5.08. The summed E-state index contributed by atoms with van der Waals surface area (Å²) < 4.78 is 6.04. The van der Waals surface area contributed by atoms with Crippen LogP contribution < -0.4 is 4.74 Å². The highest BCUT2D eigenvalue weighted by Gasteiger charge is 2.30. The molecule has 0 N–H and O–H groups in total. The lowest BCUT2D eigenvalue weighted by molar-refractivity contribution is 0.138. The van der Waals surface area contributed by atoms with Crippen LogP contribution in [0.15, 0.2) is 60.8 Å². The Bertz CT molecular complexity index is 1080. The second-order valence-electron chi connectivity index (χ2n) is 9.95. The van der Waals surface area contributed by atoms with Crippen molar-refractivity contribution < 1.29 is 4.74 Å². The first kappa shape index (κ1) is 21.5. The van der Waals surface area contributed by atoms with Crippen LogP contribution in [0.25, 0.3) is 0 Å². The first-order chi connectivity index (χ1) is 15.4. The average Bonchev–Trinajstić information content (AvgIpc) is 3.09. The number of nitrogens with zero attached hydrogens (tertiary/aromatic N) is 2. The molecular weight excluding hydrogens is 416 g/mol. The Balaban J connectivity index is 1.21. The van der Waals surface area contributed by atoms with Gasteiger partial charge < -0.3 is 4.74 Å². The van der Waals surface area contributed by atoms with Gasteiger partial charge in [0.1, 0.15) is 11.4 Å². The minimum atomic E-state index is -0.0808. The van der Waals surface area contributed by atoms with Crippen LogP contribution in [0.4, 0.5) is 0 Å². The van der Waals surface area contributed by atoms with E-state index in [0.29, 0.717) is 5.92 Å². The van der Waals surface area contributed by atoms with Gasteiger partial charge in [-0.05, 0) is 86.2 Å². The molecule has 0 radical (unpaired) electrons. The van der Waals surface area contributed by atoms with E-state index in [1.807, 2.05) is 18.3 Å². The maximum absolute atomic E-state index is 6.04. The fourth-order valence-corrected chi connectivity index (χ4v) is 5.21. The van der Waals surface area contributed by atoms with E-state index in [0.717, 1.165) is 43.2 Å². The molecule has 0 spiro atoms. The van der Waals surface area contributed by atoms with Crippen molar-refractivity contribution in [1.29, 1.82) is 0 Å². The number of piperidine rings is 1. The fraction of sp³-hybridized carbons (Fsp3) is 0.393. The monoisotopic (exact) mass is 446 g/mol. The number of fused-ring (bicyclic) bond motifs is 1. The molecule has 32 heavy (non-hydrogen) atoms. The normalized spacial score (nSPS) is 20.0. The molecule has 0 unspecified atom stereocenters. The molecule has 1 atom stereocenters. The summed E-state index contributed by atoms with van der Waals surface area (Å²) in [4.78, 5) is 7.43. The lowest BCUT2D eigenvalue weighted by Gasteiger charge is -2.32. The molecule has 2 aliphatic rings. The van der Waals surface area contributed by atoms with Gasteiger partial charge in [0.25, 0.3) is 0 Å². The van der Waals surface area contributed by atoms with E-state index in [9.17, 15) is 0 Å². The molecule has 166 valence electrons. The minimum absolute atomic E-state index is 0.0808. The molecule has 0 amide bonds. The number of aromatic nitrogens is 1. The number of halogens is 1. The molecule has 0 aliphatic carbocycles. The van der Waals surface area contributed by atoms with Gasteiger partial charge in [-0.2, -0.15) is 0 Å². The van der Waals surface area contributed by atoms with Crippen LogP contribution in [0.5, 0.6) is 5.75 Å². The SMILES string of the molecule is CC1(C)Cc2cc(CN3CCC[C@H](c4ccc(Cc5ccc(Cl)cc5)cn4)C3)ccc2O1. The lowest BCUT2D eigenvalue weighted by Crippen LogP contribution is -2.34. The number of rotatable bonds is 5. The van der Waals surface area contributed by atoms with Gasteiger partial charge in [-0.1, -0.05) is 41.9 Å². The maximum atomic E-state index is 6.04. The van der Waals surface area contributed by atoms with Crippen LogP contribution in [0.3, 0.4) is 0 Å². The molecule has 5 rings (SSSR count). The predicted octanol–water partition coefficient (Wildman–Crippen LogP) is 6.42. The van der Waals surface area contributed by atoms with Gasteiger partial charge in [0.15, 0.2) is 0 Å². The van der Waals surface area contributed by atoms with Crippen molar-refractivity contribution in [3.05, 3.63) is 93.8 Å². The van der Waals surface area contributed by atoms with E-state index in [-0.39, 0.29) is 5.60 Å². The minimum Gasteiger partial charge on any atom is -0.487 e. The van der Waals surface area contributed by atoms with Gasteiger partial charge in [-0.25, -0.2) is 0 Å². The van der Waals surface area contributed by atoms with Crippen molar-refractivity contribution in [3.8, 4) is 5.75 Å². The van der Waals surface area contributed by atoms with Gasteiger partial charge in [-0.3, -0.25) is 9.88 Å². The van der Waals surface area contributed by atoms with E-state index >= 15 is 0 Å². The molecular formula is C28H31ClN2O. The van der Waals surface area contributed by atoms with Gasteiger partial charge in [0, 0.05) is 42.3 Å². The Labute approximate surface area is 196 Å². The van der Waals surface area contributed by atoms with Crippen LogP contribution >= 0.6 is 11.6 Å². The van der Waals surface area contributed by atoms with Crippen molar-refractivity contribution in [2.75, 3.05) is 13.1 Å². The molecule has 1 fully saturated rings. The third-order valence-electron chi connectivity index (χ3n) is 6.63.